The smallest absolute Gasteiger partial charge is 0.338 e. The predicted molar refractivity (Wildman–Crippen MR) is 104 cm³/mol. The van der Waals surface area contributed by atoms with Crippen molar-refractivity contribution < 1.29 is 33.7 Å². The largest absolute Gasteiger partial charge is 0.465 e. The Bertz CT molecular complexity index is 1050. The van der Waals surface area contributed by atoms with Crippen LogP contribution in [0.15, 0.2) is 40.9 Å². The summed E-state index contributed by atoms with van der Waals surface area (Å²) in [5.74, 6) is -2.74. The van der Waals surface area contributed by atoms with Gasteiger partial charge in [-0.15, -0.1) is 0 Å². The number of nitrogens with zero attached hydrogens (tertiary/aromatic N) is 2. The van der Waals surface area contributed by atoms with Crippen LogP contribution in [0.2, 0.25) is 0 Å². The molecule has 0 aliphatic rings. The zero-order valence-corrected chi connectivity index (χ0v) is 16.7. The molecular formula is C17H12BrN3O9. The summed E-state index contributed by atoms with van der Waals surface area (Å²) < 4.78 is 9.53. The zero-order chi connectivity index (χ0) is 22.4. The van der Waals surface area contributed by atoms with Crippen molar-refractivity contribution >= 4 is 50.8 Å². The molecule has 2 aromatic rings. The van der Waals surface area contributed by atoms with E-state index in [2.05, 4.69) is 26.0 Å². The zero-order valence-electron chi connectivity index (χ0n) is 15.1. The molecule has 0 spiro atoms. The maximum atomic E-state index is 12.2. The number of amides is 1. The number of esters is 2. The molecule has 0 fully saturated rings. The molecule has 0 atom stereocenters. The van der Waals surface area contributed by atoms with Gasteiger partial charge < -0.3 is 14.8 Å². The molecule has 0 saturated carbocycles. The van der Waals surface area contributed by atoms with Gasteiger partial charge in [-0.25, -0.2) is 9.59 Å². The van der Waals surface area contributed by atoms with Crippen LogP contribution >= 0.6 is 15.9 Å². The Labute approximate surface area is 176 Å². The molecule has 0 saturated heterocycles. The summed E-state index contributed by atoms with van der Waals surface area (Å²) in [4.78, 5) is 56.1. The van der Waals surface area contributed by atoms with Crippen molar-refractivity contribution in [2.45, 2.75) is 0 Å². The lowest BCUT2D eigenvalue weighted by Gasteiger charge is -2.09. The Morgan fingerprint density at radius 3 is 2.10 bits per heavy atom. The highest BCUT2D eigenvalue weighted by Gasteiger charge is 2.20. The molecule has 1 N–H and O–H groups in total. The van der Waals surface area contributed by atoms with Crippen molar-refractivity contribution in [2.75, 3.05) is 19.0 Å². The number of rotatable bonds is 7. The van der Waals surface area contributed by atoms with Crippen LogP contribution in [0.1, 0.15) is 20.7 Å². The molecular weight excluding hydrogens is 470 g/mol. The third kappa shape index (κ3) is 5.57. The molecule has 0 bridgehead atoms. The molecule has 1 amide bonds. The van der Waals surface area contributed by atoms with Gasteiger partial charge in [0.2, 0.25) is 0 Å². The predicted octanol–water partition coefficient (Wildman–Crippen LogP) is 2.85. The van der Waals surface area contributed by atoms with Gasteiger partial charge in [0.1, 0.15) is 0 Å². The fraction of sp³-hybridized carbons (Fsp3) is 0.118. The number of halogens is 1. The molecule has 30 heavy (non-hydrogen) atoms. The molecule has 2 rings (SSSR count). The monoisotopic (exact) mass is 481 g/mol. The highest BCUT2D eigenvalue weighted by Crippen LogP contribution is 2.27. The second kappa shape index (κ2) is 9.56. The summed E-state index contributed by atoms with van der Waals surface area (Å²) >= 11 is 3.08. The van der Waals surface area contributed by atoms with E-state index in [1.807, 2.05) is 0 Å². The minimum atomic E-state index is -1.08. The molecule has 0 heterocycles. The Hall–Kier alpha value is -3.87. The molecule has 0 aromatic heterocycles. The van der Waals surface area contributed by atoms with E-state index in [9.17, 15) is 34.6 Å². The number of anilines is 1. The highest BCUT2D eigenvalue weighted by molar-refractivity contribution is 9.10. The molecule has 12 nitrogen and oxygen atoms in total. The molecule has 0 aliphatic carbocycles. The fourth-order valence-electron chi connectivity index (χ4n) is 2.19. The SMILES string of the molecule is COC(=O)c1cc(C(=O)OCC(=O)Nc2ccc([N+](=O)[O-])cc2Br)cc([N+](=O)[O-])c1. The quantitative estimate of drug-likeness (QED) is 0.354. The molecule has 13 heteroatoms. The van der Waals surface area contributed by atoms with E-state index in [-0.39, 0.29) is 27.0 Å². The first-order valence-electron chi connectivity index (χ1n) is 7.91. The van der Waals surface area contributed by atoms with Gasteiger partial charge in [-0.05, 0) is 28.1 Å². The summed E-state index contributed by atoms with van der Waals surface area (Å²) in [6.07, 6.45) is 0. The van der Waals surface area contributed by atoms with Gasteiger partial charge in [-0.2, -0.15) is 0 Å². The standard InChI is InChI=1S/C17H12BrN3O9/c1-29-16(23)9-4-10(6-12(5-9)21(27)28)17(24)30-8-15(22)19-14-3-2-11(20(25)26)7-13(14)18/h2-7H,8H2,1H3,(H,19,22). The summed E-state index contributed by atoms with van der Waals surface area (Å²) in [6.45, 7) is -0.751. The van der Waals surface area contributed by atoms with Crippen LogP contribution in [0, 0.1) is 20.2 Å². The number of ether oxygens (including phenoxy) is 2. The van der Waals surface area contributed by atoms with Crippen molar-refractivity contribution in [2.24, 2.45) is 0 Å². The number of nitro benzene ring substituents is 2. The number of nitrogens with one attached hydrogen (secondary N) is 1. The second-order valence-corrected chi connectivity index (χ2v) is 6.42. The van der Waals surface area contributed by atoms with Crippen molar-refractivity contribution in [3.8, 4) is 0 Å². The van der Waals surface area contributed by atoms with Crippen LogP contribution in [-0.2, 0) is 14.3 Å². The topological polar surface area (TPSA) is 168 Å². The first-order valence-corrected chi connectivity index (χ1v) is 8.70. The maximum absolute atomic E-state index is 12.2. The Kier molecular flexibility index (Phi) is 7.14. The van der Waals surface area contributed by atoms with Crippen molar-refractivity contribution in [1.82, 2.24) is 0 Å². The number of hydrogen-bond acceptors (Lipinski definition) is 9. The number of benzene rings is 2. The lowest BCUT2D eigenvalue weighted by Crippen LogP contribution is -2.21. The number of carbonyl (C=O) groups excluding carboxylic acids is 3. The van der Waals surface area contributed by atoms with Gasteiger partial charge in [0.25, 0.3) is 17.3 Å². The van der Waals surface area contributed by atoms with Gasteiger partial charge in [0, 0.05) is 28.7 Å². The molecule has 0 radical (unpaired) electrons. The normalized spacial score (nSPS) is 10.1. The number of carbonyl (C=O) groups is 3. The van der Waals surface area contributed by atoms with Crippen molar-refractivity contribution in [3.63, 3.8) is 0 Å². The maximum Gasteiger partial charge on any atom is 0.338 e. The van der Waals surface area contributed by atoms with Crippen LogP contribution < -0.4 is 5.32 Å². The van der Waals surface area contributed by atoms with E-state index in [1.165, 1.54) is 18.2 Å². The molecule has 156 valence electrons. The third-order valence-corrected chi connectivity index (χ3v) is 4.21. The average molecular weight is 482 g/mol. The van der Waals surface area contributed by atoms with Crippen LogP contribution in [0.4, 0.5) is 17.1 Å². The van der Waals surface area contributed by atoms with E-state index in [1.54, 1.807) is 0 Å². The van der Waals surface area contributed by atoms with Crippen LogP contribution in [-0.4, -0.2) is 41.4 Å². The van der Waals surface area contributed by atoms with Gasteiger partial charge in [0.05, 0.1) is 33.8 Å². The third-order valence-electron chi connectivity index (χ3n) is 3.56. The summed E-state index contributed by atoms with van der Waals surface area (Å²) in [7, 11) is 1.07. The van der Waals surface area contributed by atoms with E-state index < -0.39 is 40.0 Å². The second-order valence-electron chi connectivity index (χ2n) is 5.56. The van der Waals surface area contributed by atoms with Crippen LogP contribution in [0.3, 0.4) is 0 Å². The van der Waals surface area contributed by atoms with E-state index in [4.69, 9.17) is 4.74 Å². The van der Waals surface area contributed by atoms with Gasteiger partial charge >= 0.3 is 11.9 Å². The lowest BCUT2D eigenvalue weighted by molar-refractivity contribution is -0.385. The molecule has 2 aromatic carbocycles. The van der Waals surface area contributed by atoms with Gasteiger partial charge in [0.15, 0.2) is 6.61 Å². The molecule has 0 unspecified atom stereocenters. The summed E-state index contributed by atoms with van der Waals surface area (Å²) in [5, 5.41) is 24.1. The van der Waals surface area contributed by atoms with Gasteiger partial charge in [-0.3, -0.25) is 25.0 Å². The summed E-state index contributed by atoms with van der Waals surface area (Å²) in [6, 6.07) is 6.49. The number of hydrogen-bond donors (Lipinski definition) is 1. The van der Waals surface area contributed by atoms with E-state index in [0.29, 0.717) is 0 Å². The van der Waals surface area contributed by atoms with Crippen molar-refractivity contribution in [3.05, 3.63) is 72.2 Å². The first-order chi connectivity index (χ1) is 14.1. The highest BCUT2D eigenvalue weighted by atomic mass is 79.9. The number of methoxy groups -OCH3 is 1. The Morgan fingerprint density at radius 1 is 0.967 bits per heavy atom. The van der Waals surface area contributed by atoms with E-state index in [0.717, 1.165) is 25.3 Å². The molecule has 0 aliphatic heterocycles. The first kappa shape index (κ1) is 22.4. The number of non-ortho nitro benzene ring substituents is 2. The van der Waals surface area contributed by atoms with E-state index >= 15 is 0 Å². The Morgan fingerprint density at radius 2 is 1.57 bits per heavy atom. The van der Waals surface area contributed by atoms with Crippen molar-refractivity contribution in [1.29, 1.82) is 0 Å². The average Bonchev–Trinajstić information content (AvgIpc) is 2.72. The van der Waals surface area contributed by atoms with Crippen LogP contribution in [0.5, 0.6) is 0 Å². The Balaban J connectivity index is 2.09. The fourth-order valence-corrected chi connectivity index (χ4v) is 2.66. The van der Waals surface area contributed by atoms with Gasteiger partial charge in [-0.1, -0.05) is 0 Å². The van der Waals surface area contributed by atoms with Crippen LogP contribution in [0.25, 0.3) is 0 Å². The minimum absolute atomic E-state index is 0.196. The number of nitro groups is 2. The summed E-state index contributed by atoms with van der Waals surface area (Å²) in [5.41, 5.74) is -1.10. The minimum Gasteiger partial charge on any atom is -0.465 e. The lowest BCUT2D eigenvalue weighted by atomic mass is 10.1.